The Labute approximate surface area is 305 Å². The molecule has 0 amide bonds. The van der Waals surface area contributed by atoms with Gasteiger partial charge < -0.3 is 5.11 Å². The standard InChI is InChI=1S/C47H82O2/c1-7-39(36(2)3)26-25-37(4)42-29-30-43-41-28-27-40-35-38(31-33-46(40,5)44(41)32-34-47(42,43)6)23-21-19-17-15-13-11-9-8-10-12-14-16-18-20-22-24-45(48)49/h8,10,27,36-39,41-44H,7,9,11-26,28-35H2,1-6H3,(H,48,49)/b10-8-/t37-,38?,39-,41+,42-,43+,44+,46+,47-/m1/s1. The van der Waals surface area contributed by atoms with Crippen molar-refractivity contribution < 1.29 is 9.90 Å². The van der Waals surface area contributed by atoms with Crippen LogP contribution in [0.2, 0.25) is 0 Å². The van der Waals surface area contributed by atoms with Gasteiger partial charge in [-0.15, -0.1) is 0 Å². The van der Waals surface area contributed by atoms with E-state index in [9.17, 15) is 4.79 Å². The summed E-state index contributed by atoms with van der Waals surface area (Å²) in [5, 5.41) is 8.70. The van der Waals surface area contributed by atoms with Crippen LogP contribution in [0.4, 0.5) is 0 Å². The second-order valence-electron chi connectivity index (χ2n) is 18.9. The van der Waals surface area contributed by atoms with Crippen molar-refractivity contribution >= 4 is 5.97 Å². The summed E-state index contributed by atoms with van der Waals surface area (Å²) in [5.74, 6) is 6.82. The van der Waals surface area contributed by atoms with E-state index in [1.54, 1.807) is 0 Å². The van der Waals surface area contributed by atoms with Crippen LogP contribution in [0.3, 0.4) is 0 Å². The molecule has 282 valence electrons. The van der Waals surface area contributed by atoms with Gasteiger partial charge in [-0.2, -0.15) is 0 Å². The zero-order chi connectivity index (χ0) is 35.3. The Bertz CT molecular complexity index is 1020. The molecule has 2 heteroatoms. The molecular formula is C47H82O2. The van der Waals surface area contributed by atoms with Gasteiger partial charge in [-0.3, -0.25) is 4.79 Å². The third-order valence-electron chi connectivity index (χ3n) is 15.6. The summed E-state index contributed by atoms with van der Waals surface area (Å²) in [4.78, 5) is 10.6. The second-order valence-corrected chi connectivity index (χ2v) is 18.9. The molecule has 0 aromatic carbocycles. The van der Waals surface area contributed by atoms with Crippen LogP contribution in [-0.2, 0) is 4.79 Å². The van der Waals surface area contributed by atoms with Gasteiger partial charge in [0.1, 0.15) is 0 Å². The van der Waals surface area contributed by atoms with Crippen molar-refractivity contribution in [3.63, 3.8) is 0 Å². The fourth-order valence-corrected chi connectivity index (χ4v) is 12.4. The van der Waals surface area contributed by atoms with E-state index in [-0.39, 0.29) is 0 Å². The molecule has 4 aliphatic carbocycles. The maximum absolute atomic E-state index is 10.6. The zero-order valence-electron chi connectivity index (χ0n) is 33.6. The molecule has 3 saturated carbocycles. The maximum atomic E-state index is 10.6. The third-order valence-corrected chi connectivity index (χ3v) is 15.6. The second kappa shape index (κ2) is 20.3. The number of rotatable bonds is 23. The van der Waals surface area contributed by atoms with E-state index in [1.165, 1.54) is 148 Å². The molecule has 0 aromatic rings. The Hall–Kier alpha value is -1.05. The fraction of sp³-hybridized carbons (Fsp3) is 0.894. The minimum Gasteiger partial charge on any atom is -0.481 e. The number of hydrogen-bond donors (Lipinski definition) is 1. The summed E-state index contributed by atoms with van der Waals surface area (Å²) in [6.07, 6.45) is 42.0. The first-order valence-corrected chi connectivity index (χ1v) is 22.2. The van der Waals surface area contributed by atoms with Gasteiger partial charge in [0.2, 0.25) is 0 Å². The minimum absolute atomic E-state index is 0.331. The molecule has 0 bridgehead atoms. The van der Waals surface area contributed by atoms with Crippen LogP contribution in [0.1, 0.15) is 208 Å². The van der Waals surface area contributed by atoms with Gasteiger partial charge >= 0.3 is 5.97 Å². The topological polar surface area (TPSA) is 37.3 Å². The molecule has 4 rings (SSSR count). The van der Waals surface area contributed by atoms with Crippen molar-refractivity contribution in [1.29, 1.82) is 0 Å². The van der Waals surface area contributed by atoms with Crippen molar-refractivity contribution in [3.8, 4) is 0 Å². The van der Waals surface area contributed by atoms with E-state index in [2.05, 4.69) is 59.8 Å². The number of fused-ring (bicyclic) bond motifs is 5. The molecule has 1 N–H and O–H groups in total. The predicted octanol–water partition coefficient (Wildman–Crippen LogP) is 14.8. The molecule has 49 heavy (non-hydrogen) atoms. The number of hydrogen-bond acceptors (Lipinski definition) is 1. The Balaban J connectivity index is 1.09. The average Bonchev–Trinajstić information content (AvgIpc) is 3.43. The first kappa shape index (κ1) is 40.7. The average molecular weight is 679 g/mol. The van der Waals surface area contributed by atoms with Gasteiger partial charge in [0.15, 0.2) is 0 Å². The van der Waals surface area contributed by atoms with Gasteiger partial charge in [0.25, 0.3) is 0 Å². The molecule has 9 atom stereocenters. The molecule has 2 nitrogen and oxygen atoms in total. The number of carbonyl (C=O) groups is 1. The largest absolute Gasteiger partial charge is 0.481 e. The Morgan fingerprint density at radius 1 is 0.816 bits per heavy atom. The number of aliphatic carboxylic acids is 1. The minimum atomic E-state index is -0.657. The molecule has 0 radical (unpaired) electrons. The molecule has 0 heterocycles. The summed E-state index contributed by atoms with van der Waals surface area (Å²) in [6.45, 7) is 15.4. The number of carboxylic acids is 1. The zero-order valence-corrected chi connectivity index (χ0v) is 33.6. The lowest BCUT2D eigenvalue weighted by molar-refractivity contribution is -0.137. The SMILES string of the molecule is CC[C@H](CC[C@@H](C)[C@H]1CC[C@H]2[C@@H]3CC=C4CC(CCCCCCCC/C=C\CCCCCCCC(=O)O)CC[C@]4(C)[C@H]3CC[C@]12C)C(C)C. The summed E-state index contributed by atoms with van der Waals surface area (Å²) < 4.78 is 0. The Kier molecular flexibility index (Phi) is 16.8. The van der Waals surface area contributed by atoms with Crippen LogP contribution in [0, 0.1) is 58.2 Å². The van der Waals surface area contributed by atoms with Crippen LogP contribution >= 0.6 is 0 Å². The van der Waals surface area contributed by atoms with Crippen LogP contribution in [0.15, 0.2) is 23.8 Å². The highest BCUT2D eigenvalue weighted by Gasteiger charge is 2.59. The van der Waals surface area contributed by atoms with E-state index in [0.29, 0.717) is 17.3 Å². The maximum Gasteiger partial charge on any atom is 0.303 e. The van der Waals surface area contributed by atoms with Crippen LogP contribution in [-0.4, -0.2) is 11.1 Å². The van der Waals surface area contributed by atoms with Crippen LogP contribution < -0.4 is 0 Å². The van der Waals surface area contributed by atoms with Crippen molar-refractivity contribution in [1.82, 2.24) is 0 Å². The van der Waals surface area contributed by atoms with Gasteiger partial charge in [0, 0.05) is 6.42 Å². The molecular weight excluding hydrogens is 597 g/mol. The fourth-order valence-electron chi connectivity index (χ4n) is 12.4. The summed E-state index contributed by atoms with van der Waals surface area (Å²) in [7, 11) is 0. The summed E-state index contributed by atoms with van der Waals surface area (Å²) in [5.41, 5.74) is 3.01. The highest BCUT2D eigenvalue weighted by Crippen LogP contribution is 2.67. The molecule has 1 unspecified atom stereocenters. The van der Waals surface area contributed by atoms with E-state index in [4.69, 9.17) is 5.11 Å². The number of unbranched alkanes of at least 4 members (excludes halogenated alkanes) is 11. The normalized spacial score (nSPS) is 32.5. The number of allylic oxidation sites excluding steroid dienone is 4. The van der Waals surface area contributed by atoms with Crippen molar-refractivity contribution in [2.45, 2.75) is 208 Å². The molecule has 3 fully saturated rings. The lowest BCUT2D eigenvalue weighted by atomic mass is 9.46. The van der Waals surface area contributed by atoms with Crippen LogP contribution in [0.5, 0.6) is 0 Å². The van der Waals surface area contributed by atoms with Crippen molar-refractivity contribution in [2.24, 2.45) is 58.2 Å². The lowest BCUT2D eigenvalue weighted by Crippen LogP contribution is -2.50. The molecule has 0 saturated heterocycles. The Morgan fingerprint density at radius 3 is 2.12 bits per heavy atom. The monoisotopic (exact) mass is 679 g/mol. The van der Waals surface area contributed by atoms with E-state index < -0.39 is 5.97 Å². The predicted molar refractivity (Wildman–Crippen MR) is 212 cm³/mol. The highest BCUT2D eigenvalue weighted by molar-refractivity contribution is 5.66. The van der Waals surface area contributed by atoms with Gasteiger partial charge in [-0.05, 0) is 148 Å². The smallest absolute Gasteiger partial charge is 0.303 e. The molecule has 4 aliphatic rings. The molecule has 0 aromatic heterocycles. The first-order chi connectivity index (χ1) is 23.6. The van der Waals surface area contributed by atoms with E-state index >= 15 is 0 Å². The van der Waals surface area contributed by atoms with Gasteiger partial charge in [-0.25, -0.2) is 0 Å². The quantitative estimate of drug-likeness (QED) is 0.0862. The Morgan fingerprint density at radius 2 is 1.47 bits per heavy atom. The summed E-state index contributed by atoms with van der Waals surface area (Å²) in [6, 6.07) is 0. The van der Waals surface area contributed by atoms with Crippen molar-refractivity contribution in [3.05, 3.63) is 23.8 Å². The first-order valence-electron chi connectivity index (χ1n) is 22.2. The van der Waals surface area contributed by atoms with Crippen molar-refractivity contribution in [2.75, 3.05) is 0 Å². The van der Waals surface area contributed by atoms with Crippen LogP contribution in [0.25, 0.3) is 0 Å². The molecule has 0 aliphatic heterocycles. The summed E-state index contributed by atoms with van der Waals surface area (Å²) >= 11 is 0. The van der Waals surface area contributed by atoms with Gasteiger partial charge in [0.05, 0.1) is 0 Å². The highest BCUT2D eigenvalue weighted by atomic mass is 16.4. The number of carboxylic acid groups (broad SMARTS) is 1. The molecule has 0 spiro atoms. The third kappa shape index (κ3) is 11.2. The lowest BCUT2D eigenvalue weighted by Gasteiger charge is -2.58. The van der Waals surface area contributed by atoms with E-state index in [1.807, 2.05) is 5.57 Å². The van der Waals surface area contributed by atoms with Gasteiger partial charge in [-0.1, -0.05) is 136 Å². The van der Waals surface area contributed by atoms with E-state index in [0.717, 1.165) is 60.2 Å².